The van der Waals surface area contributed by atoms with Crippen LogP contribution in [0, 0.1) is 6.92 Å². The number of aryl methyl sites for hydroxylation is 1. The SMILES string of the molecule is Cc1[nH]cnc1CN1CCC2(CC1)C(=O)N(C(C)C)C(=O)N2C. The maximum atomic E-state index is 12.8. The van der Waals surface area contributed by atoms with E-state index in [9.17, 15) is 9.59 Å². The first-order chi connectivity index (χ1) is 10.9. The average molecular weight is 319 g/mol. The van der Waals surface area contributed by atoms with Gasteiger partial charge in [0.2, 0.25) is 0 Å². The molecule has 0 aliphatic carbocycles. The van der Waals surface area contributed by atoms with Crippen molar-refractivity contribution >= 4 is 11.9 Å². The van der Waals surface area contributed by atoms with Gasteiger partial charge in [0.1, 0.15) is 5.54 Å². The number of carbonyl (C=O) groups is 2. The van der Waals surface area contributed by atoms with Gasteiger partial charge in [0.05, 0.1) is 12.0 Å². The number of nitrogens with one attached hydrogen (secondary N) is 1. The number of likely N-dealkylation sites (tertiary alicyclic amines) is 1. The number of rotatable bonds is 3. The number of urea groups is 1. The molecule has 0 atom stereocenters. The van der Waals surface area contributed by atoms with E-state index >= 15 is 0 Å². The molecule has 0 saturated carbocycles. The molecule has 0 bridgehead atoms. The first-order valence-electron chi connectivity index (χ1n) is 8.19. The molecular weight excluding hydrogens is 294 g/mol. The van der Waals surface area contributed by atoms with Gasteiger partial charge in [-0.05, 0) is 33.6 Å². The molecule has 1 spiro atoms. The van der Waals surface area contributed by atoms with Crippen LogP contribution in [-0.2, 0) is 11.3 Å². The van der Waals surface area contributed by atoms with Crippen LogP contribution in [0.4, 0.5) is 4.79 Å². The normalized spacial score (nSPS) is 22.0. The second-order valence-electron chi connectivity index (χ2n) is 6.89. The summed E-state index contributed by atoms with van der Waals surface area (Å²) in [4.78, 5) is 38.1. The topological polar surface area (TPSA) is 72.5 Å². The molecule has 3 rings (SSSR count). The minimum Gasteiger partial charge on any atom is -0.348 e. The Bertz CT molecular complexity index is 616. The van der Waals surface area contributed by atoms with Crippen LogP contribution in [0.5, 0.6) is 0 Å². The lowest BCUT2D eigenvalue weighted by Gasteiger charge is -2.40. The number of imide groups is 1. The summed E-state index contributed by atoms with van der Waals surface area (Å²) in [7, 11) is 1.76. The van der Waals surface area contributed by atoms with Crippen LogP contribution in [0.25, 0.3) is 0 Å². The second kappa shape index (κ2) is 5.63. The number of piperidine rings is 1. The number of hydrogen-bond acceptors (Lipinski definition) is 4. The van der Waals surface area contributed by atoms with Crippen molar-refractivity contribution in [1.29, 1.82) is 0 Å². The molecule has 1 aromatic rings. The van der Waals surface area contributed by atoms with Crippen LogP contribution in [0.1, 0.15) is 38.1 Å². The van der Waals surface area contributed by atoms with E-state index in [1.165, 1.54) is 4.90 Å². The molecular formula is C16H25N5O2. The molecule has 2 fully saturated rings. The zero-order valence-electron chi connectivity index (χ0n) is 14.3. The minimum atomic E-state index is -0.654. The molecule has 2 aliphatic rings. The molecule has 3 amide bonds. The molecule has 0 radical (unpaired) electrons. The highest BCUT2D eigenvalue weighted by Crippen LogP contribution is 2.37. The molecule has 0 unspecified atom stereocenters. The van der Waals surface area contributed by atoms with Crippen molar-refractivity contribution in [1.82, 2.24) is 24.7 Å². The van der Waals surface area contributed by atoms with Crippen molar-refractivity contribution in [2.24, 2.45) is 0 Å². The number of likely N-dealkylation sites (N-methyl/N-ethyl adjacent to an activating group) is 1. The maximum absolute atomic E-state index is 12.8. The lowest BCUT2D eigenvalue weighted by molar-refractivity contribution is -0.136. The summed E-state index contributed by atoms with van der Waals surface area (Å²) in [6, 6.07) is -0.261. The van der Waals surface area contributed by atoms with Gasteiger partial charge >= 0.3 is 6.03 Å². The van der Waals surface area contributed by atoms with Crippen molar-refractivity contribution in [2.45, 2.75) is 51.7 Å². The largest absolute Gasteiger partial charge is 0.348 e. The number of aromatic amines is 1. The lowest BCUT2D eigenvalue weighted by atomic mass is 9.86. The van der Waals surface area contributed by atoms with Crippen molar-refractivity contribution in [2.75, 3.05) is 20.1 Å². The van der Waals surface area contributed by atoms with Gasteiger partial charge in [0, 0.05) is 38.4 Å². The number of nitrogens with zero attached hydrogens (tertiary/aromatic N) is 4. The zero-order valence-corrected chi connectivity index (χ0v) is 14.3. The van der Waals surface area contributed by atoms with Crippen LogP contribution < -0.4 is 0 Å². The van der Waals surface area contributed by atoms with E-state index in [-0.39, 0.29) is 18.0 Å². The summed E-state index contributed by atoms with van der Waals surface area (Å²) in [5, 5.41) is 0. The first kappa shape index (κ1) is 16.0. The summed E-state index contributed by atoms with van der Waals surface area (Å²) in [5.74, 6) is -0.0319. The van der Waals surface area contributed by atoms with Gasteiger partial charge in [0.15, 0.2) is 0 Å². The van der Waals surface area contributed by atoms with Gasteiger partial charge in [-0.15, -0.1) is 0 Å². The minimum absolute atomic E-state index is 0.0319. The van der Waals surface area contributed by atoms with E-state index in [1.54, 1.807) is 18.3 Å². The van der Waals surface area contributed by atoms with Gasteiger partial charge < -0.3 is 9.88 Å². The molecule has 23 heavy (non-hydrogen) atoms. The van der Waals surface area contributed by atoms with Crippen LogP contribution >= 0.6 is 0 Å². The fourth-order valence-electron chi connectivity index (χ4n) is 3.64. The van der Waals surface area contributed by atoms with E-state index < -0.39 is 5.54 Å². The predicted octanol–water partition coefficient (Wildman–Crippen LogP) is 1.36. The summed E-state index contributed by atoms with van der Waals surface area (Å²) < 4.78 is 0. The Morgan fingerprint density at radius 2 is 1.96 bits per heavy atom. The van der Waals surface area contributed by atoms with Gasteiger partial charge in [-0.25, -0.2) is 9.78 Å². The first-order valence-corrected chi connectivity index (χ1v) is 8.19. The molecule has 7 nitrogen and oxygen atoms in total. The van der Waals surface area contributed by atoms with Crippen LogP contribution in [0.2, 0.25) is 0 Å². The third-order valence-corrected chi connectivity index (χ3v) is 5.26. The molecule has 2 aliphatic heterocycles. The molecule has 1 aromatic heterocycles. The smallest absolute Gasteiger partial charge is 0.327 e. The zero-order chi connectivity index (χ0) is 16.8. The highest BCUT2D eigenvalue weighted by Gasteiger charge is 2.56. The molecule has 7 heteroatoms. The van der Waals surface area contributed by atoms with Crippen LogP contribution in [0.15, 0.2) is 6.33 Å². The van der Waals surface area contributed by atoms with Crippen molar-refractivity contribution in [3.8, 4) is 0 Å². The van der Waals surface area contributed by atoms with Gasteiger partial charge in [-0.1, -0.05) is 0 Å². The average Bonchev–Trinajstić information content (AvgIpc) is 2.98. The lowest BCUT2D eigenvalue weighted by Crippen LogP contribution is -2.55. The van der Waals surface area contributed by atoms with Crippen molar-refractivity contribution < 1.29 is 9.59 Å². The van der Waals surface area contributed by atoms with E-state index in [1.807, 2.05) is 20.8 Å². The van der Waals surface area contributed by atoms with E-state index in [0.29, 0.717) is 12.8 Å². The quantitative estimate of drug-likeness (QED) is 0.854. The monoisotopic (exact) mass is 319 g/mol. The Morgan fingerprint density at radius 1 is 1.30 bits per heavy atom. The maximum Gasteiger partial charge on any atom is 0.327 e. The highest BCUT2D eigenvalue weighted by atomic mass is 16.2. The Kier molecular flexibility index (Phi) is 3.91. The third kappa shape index (κ3) is 2.43. The van der Waals surface area contributed by atoms with Gasteiger partial charge in [-0.2, -0.15) is 0 Å². The Hall–Kier alpha value is -1.89. The van der Waals surface area contributed by atoms with Gasteiger partial charge in [0.25, 0.3) is 5.91 Å². The Morgan fingerprint density at radius 3 is 2.43 bits per heavy atom. The summed E-state index contributed by atoms with van der Waals surface area (Å²) >= 11 is 0. The molecule has 1 N–H and O–H groups in total. The number of carbonyl (C=O) groups excluding carboxylic acids is 2. The van der Waals surface area contributed by atoms with E-state index in [0.717, 1.165) is 31.0 Å². The number of amides is 3. The second-order valence-corrected chi connectivity index (χ2v) is 6.89. The van der Waals surface area contributed by atoms with Crippen molar-refractivity contribution in [3.63, 3.8) is 0 Å². The molecule has 0 aromatic carbocycles. The Balaban J connectivity index is 1.71. The van der Waals surface area contributed by atoms with E-state index in [2.05, 4.69) is 14.9 Å². The molecule has 3 heterocycles. The highest BCUT2D eigenvalue weighted by molar-refractivity contribution is 6.07. The summed E-state index contributed by atoms with van der Waals surface area (Å²) in [6.45, 7) is 8.16. The molecule has 2 saturated heterocycles. The van der Waals surface area contributed by atoms with Crippen LogP contribution in [0.3, 0.4) is 0 Å². The number of hydrogen-bond donors (Lipinski definition) is 1. The van der Waals surface area contributed by atoms with Crippen molar-refractivity contribution in [3.05, 3.63) is 17.7 Å². The Labute approximate surface area is 136 Å². The van der Waals surface area contributed by atoms with E-state index in [4.69, 9.17) is 0 Å². The number of H-pyrrole nitrogens is 1. The summed E-state index contributed by atoms with van der Waals surface area (Å²) in [5.41, 5.74) is 1.48. The van der Waals surface area contributed by atoms with Gasteiger partial charge in [-0.3, -0.25) is 14.6 Å². The molecule has 126 valence electrons. The van der Waals surface area contributed by atoms with Crippen LogP contribution in [-0.4, -0.2) is 68.3 Å². The predicted molar refractivity (Wildman–Crippen MR) is 85.7 cm³/mol. The third-order valence-electron chi connectivity index (χ3n) is 5.26. The fraction of sp³-hybridized carbons (Fsp3) is 0.688. The fourth-order valence-corrected chi connectivity index (χ4v) is 3.64. The summed E-state index contributed by atoms with van der Waals surface area (Å²) in [6.07, 6.45) is 3.07. The number of aromatic nitrogens is 2. The number of imidazole rings is 1. The standard InChI is InChI=1S/C16H25N5O2/c1-11(2)21-14(22)16(19(4)15(21)23)5-7-20(8-6-16)9-13-12(3)17-10-18-13/h10-11H,5-9H2,1-4H3,(H,17,18).